The van der Waals surface area contributed by atoms with Crippen LogP contribution in [-0.2, 0) is 9.59 Å². The van der Waals surface area contributed by atoms with Crippen LogP contribution in [0.2, 0.25) is 0 Å². The lowest BCUT2D eigenvalue weighted by atomic mass is 10.1. The van der Waals surface area contributed by atoms with Crippen molar-refractivity contribution in [3.05, 3.63) is 24.3 Å². The fraction of sp³-hybridized carbons (Fsp3) is 0.500. The van der Waals surface area contributed by atoms with Gasteiger partial charge >= 0.3 is 6.03 Å². The molecule has 1 aromatic rings. The minimum atomic E-state index is -0.523. The van der Waals surface area contributed by atoms with E-state index in [-0.39, 0.29) is 19.0 Å². The van der Waals surface area contributed by atoms with Crippen LogP contribution in [0.3, 0.4) is 0 Å². The van der Waals surface area contributed by atoms with E-state index in [9.17, 15) is 14.4 Å². The number of carbonyl (C=O) groups is 3. The molecule has 0 spiro atoms. The zero-order valence-corrected chi connectivity index (χ0v) is 15.8. The number of hydrogen-bond acceptors (Lipinski definition) is 5. The molecule has 0 heterocycles. The maximum Gasteiger partial charge on any atom is 0.321 e. The van der Waals surface area contributed by atoms with Gasteiger partial charge < -0.3 is 15.4 Å². The highest BCUT2D eigenvalue weighted by atomic mass is 16.5. The van der Waals surface area contributed by atoms with Crippen molar-refractivity contribution < 1.29 is 19.1 Å². The Morgan fingerprint density at radius 2 is 1.85 bits per heavy atom. The molecule has 1 rings (SSSR count). The summed E-state index contributed by atoms with van der Waals surface area (Å²) in [6, 6.07) is 6.47. The van der Waals surface area contributed by atoms with Crippen LogP contribution in [-0.4, -0.2) is 56.5 Å². The second-order valence-electron chi connectivity index (χ2n) is 6.44. The Bertz CT molecular complexity index is 619. The average molecular weight is 364 g/mol. The number of ether oxygens (including phenoxy) is 1. The number of urea groups is 1. The smallest absolute Gasteiger partial charge is 0.321 e. The highest BCUT2D eigenvalue weighted by molar-refractivity contribution is 5.96. The molecule has 8 nitrogen and oxygen atoms in total. The summed E-state index contributed by atoms with van der Waals surface area (Å²) in [5.41, 5.74) is 0.608. The molecule has 0 aliphatic heterocycles. The van der Waals surface area contributed by atoms with E-state index in [1.54, 1.807) is 38.4 Å². The van der Waals surface area contributed by atoms with E-state index in [4.69, 9.17) is 4.74 Å². The monoisotopic (exact) mass is 364 g/mol. The summed E-state index contributed by atoms with van der Waals surface area (Å²) in [4.78, 5) is 37.0. The Morgan fingerprint density at radius 3 is 2.50 bits per heavy atom. The molecule has 0 bridgehead atoms. The first-order chi connectivity index (χ1) is 12.3. The average Bonchev–Trinajstić information content (AvgIpc) is 2.53. The Kier molecular flexibility index (Phi) is 9.14. The van der Waals surface area contributed by atoms with Crippen molar-refractivity contribution in [1.82, 2.24) is 15.5 Å². The minimum absolute atomic E-state index is 0.0135. The minimum Gasteiger partial charge on any atom is -0.497 e. The molecule has 0 fully saturated rings. The predicted molar refractivity (Wildman–Crippen MR) is 100 cm³/mol. The normalized spacial score (nSPS) is 10.5. The Morgan fingerprint density at radius 1 is 1.15 bits per heavy atom. The van der Waals surface area contributed by atoms with Gasteiger partial charge in [0.25, 0.3) is 0 Å². The van der Waals surface area contributed by atoms with Crippen molar-refractivity contribution in [1.29, 1.82) is 0 Å². The van der Waals surface area contributed by atoms with Gasteiger partial charge in [0.15, 0.2) is 0 Å². The van der Waals surface area contributed by atoms with Gasteiger partial charge in [-0.1, -0.05) is 19.9 Å². The Balaban J connectivity index is 2.33. The van der Waals surface area contributed by atoms with Crippen LogP contribution in [0.25, 0.3) is 0 Å². The summed E-state index contributed by atoms with van der Waals surface area (Å²) in [5.74, 6) is 0.373. The van der Waals surface area contributed by atoms with Gasteiger partial charge in [0, 0.05) is 18.3 Å². The quantitative estimate of drug-likeness (QED) is 0.616. The van der Waals surface area contributed by atoms with Crippen molar-refractivity contribution in [2.45, 2.75) is 20.3 Å². The number of anilines is 1. The molecule has 0 saturated carbocycles. The number of nitrogens with zero attached hydrogens (tertiary/aromatic N) is 1. The predicted octanol–water partition coefficient (Wildman–Crippen LogP) is 1.44. The van der Waals surface area contributed by atoms with Crippen LogP contribution in [0.4, 0.5) is 10.5 Å². The SMILES string of the molecule is COc1cccc(NC(=O)CN(C)CC(=O)NC(=O)NCCC(C)C)c1. The van der Waals surface area contributed by atoms with E-state index >= 15 is 0 Å². The van der Waals surface area contributed by atoms with Gasteiger partial charge in [-0.2, -0.15) is 0 Å². The number of benzene rings is 1. The van der Waals surface area contributed by atoms with Gasteiger partial charge in [-0.3, -0.25) is 19.8 Å². The number of carbonyl (C=O) groups excluding carboxylic acids is 3. The summed E-state index contributed by atoms with van der Waals surface area (Å²) in [6.45, 7) is 4.56. The van der Waals surface area contributed by atoms with Gasteiger partial charge in [0.2, 0.25) is 11.8 Å². The zero-order valence-electron chi connectivity index (χ0n) is 15.8. The van der Waals surface area contributed by atoms with E-state index in [1.165, 1.54) is 4.90 Å². The largest absolute Gasteiger partial charge is 0.497 e. The fourth-order valence-corrected chi connectivity index (χ4v) is 2.13. The highest BCUT2D eigenvalue weighted by Gasteiger charge is 2.13. The van der Waals surface area contributed by atoms with Crippen molar-refractivity contribution in [2.24, 2.45) is 5.92 Å². The number of methoxy groups -OCH3 is 1. The molecule has 0 aliphatic rings. The Labute approximate surface area is 154 Å². The number of imide groups is 1. The summed E-state index contributed by atoms with van der Waals surface area (Å²) >= 11 is 0. The van der Waals surface area contributed by atoms with Gasteiger partial charge in [0.05, 0.1) is 20.2 Å². The topological polar surface area (TPSA) is 99.8 Å². The van der Waals surface area contributed by atoms with Crippen LogP contribution in [0.1, 0.15) is 20.3 Å². The molecule has 3 N–H and O–H groups in total. The number of amides is 4. The van der Waals surface area contributed by atoms with Gasteiger partial charge in [-0.15, -0.1) is 0 Å². The van der Waals surface area contributed by atoms with Crippen molar-refractivity contribution in [3.63, 3.8) is 0 Å². The molecule has 0 atom stereocenters. The molecule has 1 aromatic carbocycles. The fourth-order valence-electron chi connectivity index (χ4n) is 2.13. The molecule has 8 heteroatoms. The van der Waals surface area contributed by atoms with Crippen LogP contribution in [0, 0.1) is 5.92 Å². The lowest BCUT2D eigenvalue weighted by Gasteiger charge is -2.16. The van der Waals surface area contributed by atoms with Gasteiger partial charge in [-0.05, 0) is 31.5 Å². The molecular formula is C18H28N4O4. The van der Waals surface area contributed by atoms with Crippen molar-refractivity contribution >= 4 is 23.5 Å². The third kappa shape index (κ3) is 9.03. The van der Waals surface area contributed by atoms with Gasteiger partial charge in [0.1, 0.15) is 5.75 Å². The first-order valence-corrected chi connectivity index (χ1v) is 8.50. The summed E-state index contributed by atoms with van der Waals surface area (Å²) < 4.78 is 5.10. The summed E-state index contributed by atoms with van der Waals surface area (Å²) in [7, 11) is 3.17. The maximum absolute atomic E-state index is 12.0. The molecular weight excluding hydrogens is 336 g/mol. The van der Waals surface area contributed by atoms with E-state index < -0.39 is 11.9 Å². The molecule has 144 valence electrons. The Hall–Kier alpha value is -2.61. The first-order valence-electron chi connectivity index (χ1n) is 8.50. The van der Waals surface area contributed by atoms with Crippen LogP contribution in [0.5, 0.6) is 5.75 Å². The van der Waals surface area contributed by atoms with Crippen molar-refractivity contribution in [3.8, 4) is 5.75 Å². The van der Waals surface area contributed by atoms with E-state index in [0.717, 1.165) is 6.42 Å². The van der Waals surface area contributed by atoms with E-state index in [1.807, 2.05) is 0 Å². The third-order valence-corrected chi connectivity index (χ3v) is 3.44. The second-order valence-corrected chi connectivity index (χ2v) is 6.44. The maximum atomic E-state index is 12.0. The molecule has 0 saturated heterocycles. The lowest BCUT2D eigenvalue weighted by Crippen LogP contribution is -2.45. The van der Waals surface area contributed by atoms with Crippen molar-refractivity contribution in [2.75, 3.05) is 39.1 Å². The lowest BCUT2D eigenvalue weighted by molar-refractivity contribution is -0.122. The molecule has 0 aromatic heterocycles. The van der Waals surface area contributed by atoms with Gasteiger partial charge in [-0.25, -0.2) is 4.79 Å². The molecule has 4 amide bonds. The molecule has 0 radical (unpaired) electrons. The summed E-state index contributed by atoms with van der Waals surface area (Å²) in [5, 5.41) is 7.59. The number of nitrogens with one attached hydrogen (secondary N) is 3. The van der Waals surface area contributed by atoms with Crippen LogP contribution < -0.4 is 20.7 Å². The molecule has 0 aliphatic carbocycles. The van der Waals surface area contributed by atoms with Crippen LogP contribution in [0.15, 0.2) is 24.3 Å². The zero-order chi connectivity index (χ0) is 19.5. The highest BCUT2D eigenvalue weighted by Crippen LogP contribution is 2.16. The summed E-state index contributed by atoms with van der Waals surface area (Å²) in [6.07, 6.45) is 0.839. The van der Waals surface area contributed by atoms with E-state index in [2.05, 4.69) is 29.8 Å². The number of likely N-dealkylation sites (N-methyl/N-ethyl adjacent to an activating group) is 1. The number of rotatable bonds is 9. The first kappa shape index (κ1) is 21.4. The van der Waals surface area contributed by atoms with Crippen LogP contribution >= 0.6 is 0 Å². The molecule has 26 heavy (non-hydrogen) atoms. The van der Waals surface area contributed by atoms with E-state index in [0.29, 0.717) is 23.9 Å². The third-order valence-electron chi connectivity index (χ3n) is 3.44. The second kappa shape index (κ2) is 11.1. The standard InChI is InChI=1S/C18H28N4O4/c1-13(2)8-9-19-18(25)21-17(24)12-22(3)11-16(23)20-14-6-5-7-15(10-14)26-4/h5-7,10,13H,8-9,11-12H2,1-4H3,(H,20,23)(H2,19,21,24,25). The number of hydrogen-bond donors (Lipinski definition) is 3. The molecule has 0 unspecified atom stereocenters.